The Kier molecular flexibility index (Phi) is 7.83. The van der Waals surface area contributed by atoms with Gasteiger partial charge in [-0.2, -0.15) is 4.31 Å². The average molecular weight is 531 g/mol. The third-order valence-corrected chi connectivity index (χ3v) is 8.23. The van der Waals surface area contributed by atoms with Crippen LogP contribution in [0.4, 0.5) is 28.9 Å². The number of piperazine rings is 1. The molecule has 8 nitrogen and oxygen atoms in total. The van der Waals surface area contributed by atoms with Gasteiger partial charge in [0.05, 0.1) is 35.0 Å². The highest BCUT2D eigenvalue weighted by Gasteiger charge is 2.29. The van der Waals surface area contributed by atoms with Crippen molar-refractivity contribution < 1.29 is 35.5 Å². The van der Waals surface area contributed by atoms with Gasteiger partial charge in [-0.25, -0.2) is 26.0 Å². The van der Waals surface area contributed by atoms with Gasteiger partial charge < -0.3 is 19.9 Å². The van der Waals surface area contributed by atoms with Gasteiger partial charge in [0.2, 0.25) is 10.0 Å². The van der Waals surface area contributed by atoms with Gasteiger partial charge in [-0.15, -0.1) is 0 Å². The molecule has 2 aromatic rings. The summed E-state index contributed by atoms with van der Waals surface area (Å²) in [7, 11) is -3.94. The van der Waals surface area contributed by atoms with Crippen molar-refractivity contribution in [2.75, 3.05) is 69.2 Å². The summed E-state index contributed by atoms with van der Waals surface area (Å²) in [6.45, 7) is 6.26. The van der Waals surface area contributed by atoms with E-state index in [2.05, 4.69) is 10.2 Å². The third kappa shape index (κ3) is 5.19. The minimum Gasteiger partial charge on any atom is -0.379 e. The Morgan fingerprint density at radius 3 is 2.25 bits per heavy atom. The highest BCUT2D eigenvalue weighted by molar-refractivity contribution is 7.89. The maximum atomic E-state index is 14.3. The molecule has 2 fully saturated rings. The van der Waals surface area contributed by atoms with Crippen LogP contribution in [-0.4, -0.2) is 82.6 Å². The molecule has 0 saturated carbocycles. The molecule has 13 heteroatoms. The predicted octanol–water partition coefficient (Wildman–Crippen LogP) is 2.66. The number of carbonyl (C=O) groups is 1. The minimum absolute atomic E-state index is 0.0174. The molecule has 0 aliphatic carbocycles. The standard InChI is InChI=1S/C23H26F4N4O4S/c1-2-29-5-7-30(8-6-29)19-4-3-15(36(33,34)31-9-11-35-12-10-31)13-18(19)28-23(32)16-14-17(24)21(26)22(27)20(16)25/h3-4,13-14H,2,5-12H2,1H3,(H,28,32). The first-order chi connectivity index (χ1) is 17.1. The monoisotopic (exact) mass is 530 g/mol. The van der Waals surface area contributed by atoms with Crippen LogP contribution in [0.15, 0.2) is 29.2 Å². The zero-order valence-corrected chi connectivity index (χ0v) is 20.4. The van der Waals surface area contributed by atoms with E-state index in [0.717, 1.165) is 19.6 Å². The second kappa shape index (κ2) is 10.7. The van der Waals surface area contributed by atoms with Crippen LogP contribution in [0.25, 0.3) is 0 Å². The van der Waals surface area contributed by atoms with E-state index in [0.29, 0.717) is 18.8 Å². The molecule has 2 aliphatic heterocycles. The number of nitrogens with zero attached hydrogens (tertiary/aromatic N) is 3. The number of nitrogens with one attached hydrogen (secondary N) is 1. The highest BCUT2D eigenvalue weighted by atomic mass is 32.2. The number of carbonyl (C=O) groups excluding carboxylic acids is 1. The SMILES string of the molecule is CCN1CCN(c2ccc(S(=O)(=O)N3CCOCC3)cc2NC(=O)c2cc(F)c(F)c(F)c2F)CC1. The normalized spacial score (nSPS) is 17.9. The number of rotatable bonds is 6. The van der Waals surface area contributed by atoms with Crippen molar-refractivity contribution in [2.45, 2.75) is 11.8 Å². The summed E-state index contributed by atoms with van der Waals surface area (Å²) in [5, 5.41) is 2.38. The fourth-order valence-corrected chi connectivity index (χ4v) is 5.65. The van der Waals surface area contributed by atoms with Crippen LogP contribution in [0.1, 0.15) is 17.3 Å². The van der Waals surface area contributed by atoms with Crippen LogP contribution in [-0.2, 0) is 14.8 Å². The summed E-state index contributed by atoms with van der Waals surface area (Å²) in [6, 6.07) is 4.45. The zero-order valence-electron chi connectivity index (χ0n) is 19.6. The van der Waals surface area contributed by atoms with Crippen LogP contribution in [0.5, 0.6) is 0 Å². The number of hydrogen-bond donors (Lipinski definition) is 1. The van der Waals surface area contributed by atoms with Gasteiger partial charge in [0, 0.05) is 39.3 Å². The molecule has 36 heavy (non-hydrogen) atoms. The maximum absolute atomic E-state index is 14.3. The lowest BCUT2D eigenvalue weighted by Crippen LogP contribution is -2.46. The smallest absolute Gasteiger partial charge is 0.258 e. The number of amides is 1. The van der Waals surface area contributed by atoms with E-state index in [-0.39, 0.29) is 43.0 Å². The van der Waals surface area contributed by atoms with Crippen molar-refractivity contribution in [3.63, 3.8) is 0 Å². The number of anilines is 2. The molecule has 4 rings (SSSR count). The summed E-state index contributed by atoms with van der Waals surface area (Å²) in [6.07, 6.45) is 0. The topological polar surface area (TPSA) is 82.2 Å². The molecule has 0 bridgehead atoms. The summed E-state index contributed by atoms with van der Waals surface area (Å²) < 4.78 is 87.9. The van der Waals surface area contributed by atoms with Crippen molar-refractivity contribution in [3.8, 4) is 0 Å². The molecule has 0 radical (unpaired) electrons. The molecule has 2 aliphatic rings. The van der Waals surface area contributed by atoms with E-state index >= 15 is 0 Å². The lowest BCUT2D eigenvalue weighted by Gasteiger charge is -2.36. The Morgan fingerprint density at radius 2 is 1.61 bits per heavy atom. The number of ether oxygens (including phenoxy) is 1. The van der Waals surface area contributed by atoms with Crippen molar-refractivity contribution in [1.82, 2.24) is 9.21 Å². The van der Waals surface area contributed by atoms with Gasteiger partial charge in [-0.1, -0.05) is 6.92 Å². The second-order valence-corrected chi connectivity index (χ2v) is 10.4. The fraction of sp³-hybridized carbons (Fsp3) is 0.435. The van der Waals surface area contributed by atoms with E-state index in [4.69, 9.17) is 4.74 Å². The molecule has 2 aromatic carbocycles. The number of hydrogen-bond acceptors (Lipinski definition) is 6. The Labute approximate surface area is 206 Å². The van der Waals surface area contributed by atoms with Crippen molar-refractivity contribution in [2.24, 2.45) is 0 Å². The molecule has 0 atom stereocenters. The van der Waals surface area contributed by atoms with Crippen molar-refractivity contribution in [3.05, 3.63) is 53.1 Å². The van der Waals surface area contributed by atoms with Crippen molar-refractivity contribution >= 4 is 27.3 Å². The summed E-state index contributed by atoms with van der Waals surface area (Å²) in [5.41, 5.74) is -0.568. The van der Waals surface area contributed by atoms with Gasteiger partial charge in [-0.05, 0) is 30.8 Å². The molecule has 1 N–H and O–H groups in total. The van der Waals surface area contributed by atoms with Gasteiger partial charge in [0.1, 0.15) is 0 Å². The predicted molar refractivity (Wildman–Crippen MR) is 125 cm³/mol. The molecule has 0 aromatic heterocycles. The van der Waals surface area contributed by atoms with E-state index in [1.807, 2.05) is 11.8 Å². The minimum atomic E-state index is -3.94. The van der Waals surface area contributed by atoms with Crippen LogP contribution in [0.3, 0.4) is 0 Å². The fourth-order valence-electron chi connectivity index (χ4n) is 4.22. The molecule has 2 saturated heterocycles. The van der Waals surface area contributed by atoms with Gasteiger partial charge in [-0.3, -0.25) is 4.79 Å². The van der Waals surface area contributed by atoms with Gasteiger partial charge in [0.15, 0.2) is 23.3 Å². The number of sulfonamides is 1. The van der Waals surface area contributed by atoms with Crippen molar-refractivity contribution in [1.29, 1.82) is 0 Å². The number of halogens is 4. The molecular weight excluding hydrogens is 504 g/mol. The third-order valence-electron chi connectivity index (χ3n) is 6.33. The molecule has 1 amide bonds. The lowest BCUT2D eigenvalue weighted by atomic mass is 10.1. The second-order valence-electron chi connectivity index (χ2n) is 8.42. The number of morpholine rings is 1. The Morgan fingerprint density at radius 1 is 0.944 bits per heavy atom. The average Bonchev–Trinajstić information content (AvgIpc) is 2.90. The van der Waals surface area contributed by atoms with Crippen LogP contribution in [0.2, 0.25) is 0 Å². The first-order valence-corrected chi connectivity index (χ1v) is 12.9. The molecular formula is C23H26F4N4O4S. The van der Waals surface area contributed by atoms with Crippen LogP contribution >= 0.6 is 0 Å². The Balaban J connectivity index is 1.71. The molecule has 2 heterocycles. The highest BCUT2D eigenvalue weighted by Crippen LogP contribution is 2.32. The van der Waals surface area contributed by atoms with E-state index in [9.17, 15) is 30.8 Å². The Hall–Kier alpha value is -2.74. The van der Waals surface area contributed by atoms with Crippen LogP contribution in [0, 0.1) is 23.3 Å². The first kappa shape index (κ1) is 26.3. The summed E-state index contributed by atoms with van der Waals surface area (Å²) in [5.74, 6) is -8.96. The number of benzene rings is 2. The lowest BCUT2D eigenvalue weighted by molar-refractivity contribution is 0.0730. The number of likely N-dealkylation sites (N-methyl/N-ethyl adjacent to an activating group) is 1. The molecule has 196 valence electrons. The first-order valence-electron chi connectivity index (χ1n) is 11.5. The maximum Gasteiger partial charge on any atom is 0.258 e. The van der Waals surface area contributed by atoms with Gasteiger partial charge >= 0.3 is 0 Å². The summed E-state index contributed by atoms with van der Waals surface area (Å²) in [4.78, 5) is 16.9. The Bertz CT molecular complexity index is 1250. The van der Waals surface area contributed by atoms with Gasteiger partial charge in [0.25, 0.3) is 5.91 Å². The quantitative estimate of drug-likeness (QED) is 0.352. The van der Waals surface area contributed by atoms with E-state index in [1.54, 1.807) is 0 Å². The van der Waals surface area contributed by atoms with Crippen LogP contribution < -0.4 is 10.2 Å². The summed E-state index contributed by atoms with van der Waals surface area (Å²) >= 11 is 0. The largest absolute Gasteiger partial charge is 0.379 e. The molecule has 0 unspecified atom stereocenters. The van der Waals surface area contributed by atoms with E-state index in [1.165, 1.54) is 22.5 Å². The molecule has 0 spiro atoms. The zero-order chi connectivity index (χ0) is 26.0. The van der Waals surface area contributed by atoms with E-state index < -0.39 is 44.8 Å².